The lowest BCUT2D eigenvalue weighted by Crippen LogP contribution is -2.35. The molecule has 0 amide bonds. The maximum Gasteiger partial charge on any atom is 0.416 e. The van der Waals surface area contributed by atoms with E-state index < -0.39 is 11.7 Å². The van der Waals surface area contributed by atoms with Crippen LogP contribution in [0.25, 0.3) is 0 Å². The molecule has 0 radical (unpaired) electrons. The first kappa shape index (κ1) is 16.6. The number of alkyl halides is 4. The number of hydrogen-bond acceptors (Lipinski definition) is 2. The number of hydrogen-bond donors (Lipinski definition) is 0. The van der Waals surface area contributed by atoms with Crippen molar-refractivity contribution in [2.24, 2.45) is 5.92 Å². The minimum Gasteiger partial charge on any atom is -0.384 e. The fourth-order valence-corrected chi connectivity index (χ4v) is 3.22. The third-order valence-electron chi connectivity index (χ3n) is 3.92. The zero-order valence-electron chi connectivity index (χ0n) is 11.9. The molecule has 1 saturated heterocycles. The second-order valence-electron chi connectivity index (χ2n) is 5.36. The zero-order chi connectivity index (χ0) is 15.5. The summed E-state index contributed by atoms with van der Waals surface area (Å²) in [5, 5.41) is 0.206. The quantitative estimate of drug-likeness (QED) is 0.730. The molecule has 1 aliphatic heterocycles. The van der Waals surface area contributed by atoms with E-state index in [2.05, 4.69) is 15.9 Å². The molecule has 0 aromatic heterocycles. The number of methoxy groups -OCH3 is 1. The van der Waals surface area contributed by atoms with Crippen LogP contribution in [0.3, 0.4) is 0 Å². The summed E-state index contributed by atoms with van der Waals surface area (Å²) in [5.74, 6) is 0.509. The topological polar surface area (TPSA) is 12.5 Å². The predicted molar refractivity (Wildman–Crippen MR) is 80.9 cm³/mol. The van der Waals surface area contributed by atoms with E-state index in [-0.39, 0.29) is 10.9 Å². The Morgan fingerprint density at radius 1 is 1.29 bits per heavy atom. The Hall–Kier alpha value is -0.750. The van der Waals surface area contributed by atoms with Gasteiger partial charge >= 0.3 is 6.18 Å². The smallest absolute Gasteiger partial charge is 0.384 e. The third-order valence-corrected chi connectivity index (χ3v) is 4.53. The van der Waals surface area contributed by atoms with E-state index in [9.17, 15) is 13.2 Å². The van der Waals surface area contributed by atoms with E-state index in [0.717, 1.165) is 32.5 Å². The van der Waals surface area contributed by atoms with Crippen LogP contribution in [0.2, 0.25) is 0 Å². The number of rotatable bonds is 4. The molecule has 6 heteroatoms. The Bertz CT molecular complexity index is 470. The number of ether oxygens (including phenoxy) is 1. The Balaban J connectivity index is 2.15. The Labute approximate surface area is 131 Å². The molecule has 1 aromatic rings. The minimum atomic E-state index is -4.31. The molecule has 0 aliphatic carbocycles. The van der Waals surface area contributed by atoms with Gasteiger partial charge in [0.1, 0.15) is 0 Å². The second-order valence-corrected chi connectivity index (χ2v) is 5.92. The van der Waals surface area contributed by atoms with Crippen molar-refractivity contribution in [3.05, 3.63) is 29.3 Å². The molecular weight excluding hydrogens is 347 g/mol. The van der Waals surface area contributed by atoms with Crippen molar-refractivity contribution in [1.29, 1.82) is 0 Å². The Morgan fingerprint density at radius 3 is 2.48 bits per heavy atom. The van der Waals surface area contributed by atoms with Gasteiger partial charge in [-0.3, -0.25) is 0 Å². The highest BCUT2D eigenvalue weighted by atomic mass is 79.9. The molecule has 1 aromatic carbocycles. The molecule has 1 heterocycles. The number of nitrogens with zero attached hydrogens (tertiary/aromatic N) is 1. The maximum atomic E-state index is 13.1. The largest absolute Gasteiger partial charge is 0.416 e. The summed E-state index contributed by atoms with van der Waals surface area (Å²) in [5.41, 5.74) is 0.388. The van der Waals surface area contributed by atoms with E-state index in [0.29, 0.717) is 11.6 Å². The Morgan fingerprint density at radius 2 is 1.95 bits per heavy atom. The van der Waals surface area contributed by atoms with Crippen LogP contribution in [0.5, 0.6) is 0 Å². The van der Waals surface area contributed by atoms with E-state index in [1.165, 1.54) is 6.07 Å². The van der Waals surface area contributed by atoms with E-state index in [1.54, 1.807) is 19.2 Å². The molecule has 0 atom stereocenters. The summed E-state index contributed by atoms with van der Waals surface area (Å²) in [6.07, 6.45) is -2.40. The molecule has 0 saturated carbocycles. The van der Waals surface area contributed by atoms with Crippen LogP contribution >= 0.6 is 15.9 Å². The average Bonchev–Trinajstić information content (AvgIpc) is 2.47. The average molecular weight is 366 g/mol. The molecule has 118 valence electrons. The summed E-state index contributed by atoms with van der Waals surface area (Å²) in [6.45, 7) is 2.28. The van der Waals surface area contributed by atoms with Crippen molar-refractivity contribution in [3.8, 4) is 0 Å². The number of anilines is 1. The molecule has 0 spiro atoms. The van der Waals surface area contributed by atoms with Crippen molar-refractivity contribution in [2.45, 2.75) is 24.3 Å². The van der Waals surface area contributed by atoms with Gasteiger partial charge in [-0.05, 0) is 36.5 Å². The molecule has 1 fully saturated rings. The van der Waals surface area contributed by atoms with Gasteiger partial charge in [0.25, 0.3) is 0 Å². The fraction of sp³-hybridized carbons (Fsp3) is 0.600. The number of piperidine rings is 1. The van der Waals surface area contributed by atoms with Gasteiger partial charge in [-0.1, -0.05) is 22.0 Å². The lowest BCUT2D eigenvalue weighted by atomic mass is 9.97. The van der Waals surface area contributed by atoms with Gasteiger partial charge in [0.2, 0.25) is 0 Å². The molecule has 21 heavy (non-hydrogen) atoms. The second kappa shape index (κ2) is 7.01. The van der Waals surface area contributed by atoms with E-state index in [4.69, 9.17) is 4.74 Å². The summed E-state index contributed by atoms with van der Waals surface area (Å²) in [7, 11) is 1.68. The lowest BCUT2D eigenvalue weighted by molar-refractivity contribution is -0.138. The van der Waals surface area contributed by atoms with Gasteiger partial charge in [0.15, 0.2) is 0 Å². The van der Waals surface area contributed by atoms with Gasteiger partial charge in [0.05, 0.1) is 5.56 Å². The highest BCUT2D eigenvalue weighted by Gasteiger charge is 2.34. The van der Waals surface area contributed by atoms with Gasteiger partial charge in [-0.2, -0.15) is 13.2 Å². The maximum absolute atomic E-state index is 13.1. The van der Waals surface area contributed by atoms with Crippen molar-refractivity contribution in [3.63, 3.8) is 0 Å². The molecule has 0 unspecified atom stereocenters. The first-order chi connectivity index (χ1) is 9.95. The highest BCUT2D eigenvalue weighted by molar-refractivity contribution is 9.08. The van der Waals surface area contributed by atoms with E-state index in [1.807, 2.05) is 4.90 Å². The first-order valence-corrected chi connectivity index (χ1v) is 8.07. The standard InChI is InChI=1S/C15H19BrF3NO/c1-21-10-11-4-6-20(7-5-11)13-3-2-12(9-16)14(8-13)15(17,18)19/h2-3,8,11H,4-7,9-10H2,1H3. The van der Waals surface area contributed by atoms with Crippen LogP contribution < -0.4 is 4.90 Å². The summed E-state index contributed by atoms with van der Waals surface area (Å²) in [6, 6.07) is 4.61. The van der Waals surface area contributed by atoms with E-state index >= 15 is 0 Å². The predicted octanol–water partition coefficient (Wildman–Crippen LogP) is 4.46. The highest BCUT2D eigenvalue weighted by Crippen LogP contribution is 2.36. The molecular formula is C15H19BrF3NO. The first-order valence-electron chi connectivity index (χ1n) is 6.95. The summed E-state index contributed by atoms with van der Waals surface area (Å²) in [4.78, 5) is 2.03. The molecule has 0 N–H and O–H groups in total. The van der Waals surface area contributed by atoms with Crippen molar-refractivity contribution < 1.29 is 17.9 Å². The number of benzene rings is 1. The number of halogens is 4. The van der Waals surface area contributed by atoms with Crippen LogP contribution in [-0.2, 0) is 16.2 Å². The van der Waals surface area contributed by atoms with Gasteiger partial charge in [-0.25, -0.2) is 0 Å². The van der Waals surface area contributed by atoms with Crippen molar-refractivity contribution in [2.75, 3.05) is 31.7 Å². The molecule has 2 nitrogen and oxygen atoms in total. The molecule has 2 rings (SSSR count). The van der Waals surface area contributed by atoms with Crippen molar-refractivity contribution in [1.82, 2.24) is 0 Å². The van der Waals surface area contributed by atoms with Crippen LogP contribution in [0, 0.1) is 5.92 Å². The zero-order valence-corrected chi connectivity index (χ0v) is 13.5. The Kier molecular flexibility index (Phi) is 5.54. The summed E-state index contributed by atoms with van der Waals surface area (Å²) >= 11 is 3.12. The van der Waals surface area contributed by atoms with Crippen LogP contribution in [-0.4, -0.2) is 26.8 Å². The third kappa shape index (κ3) is 4.13. The molecule has 0 bridgehead atoms. The van der Waals surface area contributed by atoms with Gasteiger partial charge in [0, 0.05) is 37.8 Å². The fourth-order valence-electron chi connectivity index (χ4n) is 2.74. The van der Waals surface area contributed by atoms with Gasteiger partial charge in [-0.15, -0.1) is 0 Å². The normalized spacial score (nSPS) is 17.3. The summed E-state index contributed by atoms with van der Waals surface area (Å²) < 4.78 is 44.4. The van der Waals surface area contributed by atoms with Crippen LogP contribution in [0.15, 0.2) is 18.2 Å². The van der Waals surface area contributed by atoms with Crippen LogP contribution in [0.1, 0.15) is 24.0 Å². The minimum absolute atomic E-state index is 0.206. The molecule has 1 aliphatic rings. The SMILES string of the molecule is COCC1CCN(c2ccc(CBr)c(C(F)(F)F)c2)CC1. The van der Waals surface area contributed by atoms with Gasteiger partial charge < -0.3 is 9.64 Å². The monoisotopic (exact) mass is 365 g/mol. The van der Waals surface area contributed by atoms with Crippen molar-refractivity contribution >= 4 is 21.6 Å². The van der Waals surface area contributed by atoms with Crippen LogP contribution in [0.4, 0.5) is 18.9 Å². The lowest BCUT2D eigenvalue weighted by Gasteiger charge is -2.33.